The molecule has 1 nitrogen and oxygen atoms in total. The normalized spacial score (nSPS) is 12.4. The standard InChI is InChI=1S/C17H19FO/c1-12-3-4-15(11-13(12)2)17(9-10-19)14-5-7-16(18)8-6-14/h3-8,11,17,19H,9-10H2,1-2H3. The Morgan fingerprint density at radius 3 is 2.16 bits per heavy atom. The second kappa shape index (κ2) is 5.98. The van der Waals surface area contributed by atoms with E-state index in [0.717, 1.165) is 5.56 Å². The van der Waals surface area contributed by atoms with Gasteiger partial charge in [-0.05, 0) is 54.7 Å². The van der Waals surface area contributed by atoms with Gasteiger partial charge in [-0.15, -0.1) is 0 Å². The van der Waals surface area contributed by atoms with Crippen LogP contribution >= 0.6 is 0 Å². The van der Waals surface area contributed by atoms with Crippen molar-refractivity contribution >= 4 is 0 Å². The molecule has 0 aliphatic carbocycles. The second-order valence-electron chi connectivity index (χ2n) is 4.96. The molecule has 2 heteroatoms. The summed E-state index contributed by atoms with van der Waals surface area (Å²) in [4.78, 5) is 0. The molecule has 0 spiro atoms. The van der Waals surface area contributed by atoms with Gasteiger partial charge in [0.2, 0.25) is 0 Å². The van der Waals surface area contributed by atoms with E-state index in [9.17, 15) is 9.50 Å². The molecule has 2 rings (SSSR count). The molecule has 0 radical (unpaired) electrons. The smallest absolute Gasteiger partial charge is 0.123 e. The molecule has 1 atom stereocenters. The molecule has 0 amide bonds. The average molecular weight is 258 g/mol. The van der Waals surface area contributed by atoms with Crippen molar-refractivity contribution in [3.63, 3.8) is 0 Å². The third-order valence-electron chi connectivity index (χ3n) is 3.62. The molecule has 0 saturated carbocycles. The maximum absolute atomic E-state index is 13.0. The maximum atomic E-state index is 13.0. The van der Waals surface area contributed by atoms with E-state index in [4.69, 9.17) is 0 Å². The highest BCUT2D eigenvalue weighted by molar-refractivity contribution is 5.37. The monoisotopic (exact) mass is 258 g/mol. The lowest BCUT2D eigenvalue weighted by Gasteiger charge is -2.18. The van der Waals surface area contributed by atoms with Gasteiger partial charge in [-0.3, -0.25) is 0 Å². The molecular weight excluding hydrogens is 239 g/mol. The Morgan fingerprint density at radius 2 is 1.58 bits per heavy atom. The third kappa shape index (κ3) is 3.21. The Kier molecular flexibility index (Phi) is 4.33. The zero-order valence-electron chi connectivity index (χ0n) is 11.4. The van der Waals surface area contributed by atoms with Gasteiger partial charge in [0.25, 0.3) is 0 Å². The van der Waals surface area contributed by atoms with Gasteiger partial charge in [-0.2, -0.15) is 0 Å². The number of aliphatic hydroxyl groups is 1. The fraction of sp³-hybridized carbons (Fsp3) is 0.294. The molecule has 2 aromatic carbocycles. The van der Waals surface area contributed by atoms with Gasteiger partial charge in [0.1, 0.15) is 5.82 Å². The van der Waals surface area contributed by atoms with Crippen molar-refractivity contribution in [3.8, 4) is 0 Å². The number of rotatable bonds is 4. The molecule has 19 heavy (non-hydrogen) atoms. The fourth-order valence-electron chi connectivity index (χ4n) is 2.33. The summed E-state index contributed by atoms with van der Waals surface area (Å²) in [5.74, 6) is -0.114. The Balaban J connectivity index is 2.38. The minimum absolute atomic E-state index is 0.116. The molecule has 1 N–H and O–H groups in total. The minimum Gasteiger partial charge on any atom is -0.396 e. The summed E-state index contributed by atoms with van der Waals surface area (Å²) >= 11 is 0. The maximum Gasteiger partial charge on any atom is 0.123 e. The highest BCUT2D eigenvalue weighted by atomic mass is 19.1. The molecule has 0 fully saturated rings. The van der Waals surface area contributed by atoms with Crippen LogP contribution in [0, 0.1) is 19.7 Å². The van der Waals surface area contributed by atoms with Crippen LogP contribution in [0.3, 0.4) is 0 Å². The fourth-order valence-corrected chi connectivity index (χ4v) is 2.33. The second-order valence-corrected chi connectivity index (χ2v) is 4.96. The molecule has 0 saturated heterocycles. The Bertz CT molecular complexity index is 546. The van der Waals surface area contributed by atoms with Crippen LogP contribution in [-0.4, -0.2) is 11.7 Å². The van der Waals surface area contributed by atoms with Crippen molar-refractivity contribution < 1.29 is 9.50 Å². The summed E-state index contributed by atoms with van der Waals surface area (Å²) in [6.07, 6.45) is 0.647. The summed E-state index contributed by atoms with van der Waals surface area (Å²) in [6.45, 7) is 4.28. The van der Waals surface area contributed by atoms with Gasteiger partial charge in [-0.1, -0.05) is 30.3 Å². The van der Waals surface area contributed by atoms with Crippen molar-refractivity contribution in [1.29, 1.82) is 0 Å². The number of aliphatic hydroxyl groups excluding tert-OH is 1. The molecule has 0 bridgehead atoms. The van der Waals surface area contributed by atoms with Crippen LogP contribution in [0.15, 0.2) is 42.5 Å². The lowest BCUT2D eigenvalue weighted by molar-refractivity contribution is 0.281. The molecule has 100 valence electrons. The Labute approximate surface area is 113 Å². The van der Waals surface area contributed by atoms with E-state index < -0.39 is 0 Å². The van der Waals surface area contributed by atoms with Gasteiger partial charge in [-0.25, -0.2) is 4.39 Å². The summed E-state index contributed by atoms with van der Waals surface area (Å²) in [5.41, 5.74) is 4.70. The summed E-state index contributed by atoms with van der Waals surface area (Å²) in [5, 5.41) is 9.26. The van der Waals surface area contributed by atoms with Crippen LogP contribution in [0.25, 0.3) is 0 Å². The van der Waals surface area contributed by atoms with Crippen molar-refractivity contribution in [3.05, 3.63) is 70.5 Å². The van der Waals surface area contributed by atoms with Crippen LogP contribution in [0.1, 0.15) is 34.6 Å². The van der Waals surface area contributed by atoms with E-state index in [1.54, 1.807) is 12.1 Å². The highest BCUT2D eigenvalue weighted by Crippen LogP contribution is 2.29. The van der Waals surface area contributed by atoms with Crippen LogP contribution in [-0.2, 0) is 0 Å². The summed E-state index contributed by atoms with van der Waals surface area (Å²) in [7, 11) is 0. The van der Waals surface area contributed by atoms with Gasteiger partial charge in [0.15, 0.2) is 0 Å². The van der Waals surface area contributed by atoms with E-state index in [-0.39, 0.29) is 18.3 Å². The molecule has 0 heterocycles. The number of hydrogen-bond acceptors (Lipinski definition) is 1. The quantitative estimate of drug-likeness (QED) is 0.880. The number of aryl methyl sites for hydroxylation is 2. The summed E-state index contributed by atoms with van der Waals surface area (Å²) in [6, 6.07) is 12.9. The Hall–Kier alpha value is -1.67. The zero-order valence-corrected chi connectivity index (χ0v) is 11.4. The number of hydrogen-bond donors (Lipinski definition) is 1. The van der Waals surface area contributed by atoms with E-state index in [2.05, 4.69) is 32.0 Å². The van der Waals surface area contributed by atoms with E-state index in [1.807, 2.05) is 0 Å². The first kappa shape index (κ1) is 13.8. The lowest BCUT2D eigenvalue weighted by Crippen LogP contribution is -2.04. The molecule has 0 aliphatic heterocycles. The third-order valence-corrected chi connectivity index (χ3v) is 3.62. The van der Waals surface area contributed by atoms with Crippen molar-refractivity contribution in [1.82, 2.24) is 0 Å². The van der Waals surface area contributed by atoms with Crippen molar-refractivity contribution in [2.45, 2.75) is 26.2 Å². The molecular formula is C17H19FO. The SMILES string of the molecule is Cc1ccc(C(CCO)c2ccc(F)cc2)cc1C. The van der Waals surface area contributed by atoms with Crippen molar-refractivity contribution in [2.75, 3.05) is 6.61 Å². The largest absolute Gasteiger partial charge is 0.396 e. The number of halogens is 1. The predicted octanol–water partition coefficient (Wildman–Crippen LogP) is 3.96. The molecule has 0 aliphatic rings. The topological polar surface area (TPSA) is 20.2 Å². The number of benzene rings is 2. The van der Waals surface area contributed by atoms with Gasteiger partial charge < -0.3 is 5.11 Å². The zero-order chi connectivity index (χ0) is 13.8. The van der Waals surface area contributed by atoms with E-state index in [0.29, 0.717) is 6.42 Å². The average Bonchev–Trinajstić information content (AvgIpc) is 2.41. The predicted molar refractivity (Wildman–Crippen MR) is 75.9 cm³/mol. The lowest BCUT2D eigenvalue weighted by atomic mass is 9.87. The summed E-state index contributed by atoms with van der Waals surface area (Å²) < 4.78 is 13.0. The van der Waals surface area contributed by atoms with Crippen LogP contribution in [0.5, 0.6) is 0 Å². The first-order valence-corrected chi connectivity index (χ1v) is 6.55. The van der Waals surface area contributed by atoms with Gasteiger partial charge in [0.05, 0.1) is 0 Å². The van der Waals surface area contributed by atoms with Gasteiger partial charge >= 0.3 is 0 Å². The molecule has 0 aromatic heterocycles. The van der Waals surface area contributed by atoms with E-state index in [1.165, 1.54) is 28.8 Å². The van der Waals surface area contributed by atoms with Crippen LogP contribution in [0.2, 0.25) is 0 Å². The van der Waals surface area contributed by atoms with Crippen molar-refractivity contribution in [2.24, 2.45) is 0 Å². The first-order chi connectivity index (χ1) is 9.11. The molecule has 2 aromatic rings. The highest BCUT2D eigenvalue weighted by Gasteiger charge is 2.14. The van der Waals surface area contributed by atoms with Crippen LogP contribution in [0.4, 0.5) is 4.39 Å². The minimum atomic E-state index is -0.230. The van der Waals surface area contributed by atoms with E-state index >= 15 is 0 Å². The molecule has 1 unspecified atom stereocenters. The first-order valence-electron chi connectivity index (χ1n) is 6.55. The van der Waals surface area contributed by atoms with Gasteiger partial charge in [0, 0.05) is 12.5 Å². The Morgan fingerprint density at radius 1 is 0.947 bits per heavy atom. The van der Waals surface area contributed by atoms with Crippen LogP contribution < -0.4 is 0 Å².